The number of hydrogen-bond acceptors (Lipinski definition) is 2. The van der Waals surface area contributed by atoms with Crippen LogP contribution in [-0.4, -0.2) is 12.6 Å². The van der Waals surface area contributed by atoms with Gasteiger partial charge in [-0.25, -0.2) is 0 Å². The van der Waals surface area contributed by atoms with Crippen molar-refractivity contribution in [1.82, 2.24) is 0 Å². The van der Waals surface area contributed by atoms with E-state index in [1.165, 1.54) is 12.8 Å². The van der Waals surface area contributed by atoms with Gasteiger partial charge in [-0.1, -0.05) is 31.2 Å². The number of fused-ring (bicyclic) bond motifs is 1. The third-order valence-electron chi connectivity index (χ3n) is 4.05. The molecule has 0 aromatic heterocycles. The molecule has 1 fully saturated rings. The predicted octanol–water partition coefficient (Wildman–Crippen LogP) is 3.85. The topological polar surface area (TPSA) is 21.3 Å². The van der Waals surface area contributed by atoms with E-state index < -0.39 is 0 Å². The molecule has 1 saturated carbocycles. The monoisotopic (exact) mass is 243 g/mol. The first-order valence-corrected chi connectivity index (χ1v) is 7.03. The molecule has 0 heterocycles. The number of allylic oxidation sites excluding steroid dienone is 1. The van der Waals surface area contributed by atoms with Crippen LogP contribution < -0.4 is 10.1 Å². The van der Waals surface area contributed by atoms with Crippen molar-refractivity contribution in [2.75, 3.05) is 11.9 Å². The van der Waals surface area contributed by atoms with Gasteiger partial charge in [-0.2, -0.15) is 0 Å². The fourth-order valence-electron chi connectivity index (χ4n) is 3.01. The second kappa shape index (κ2) is 5.05. The third-order valence-corrected chi connectivity index (χ3v) is 4.05. The van der Waals surface area contributed by atoms with E-state index in [2.05, 4.69) is 42.6 Å². The lowest BCUT2D eigenvalue weighted by atomic mass is 9.71. The fourth-order valence-corrected chi connectivity index (χ4v) is 3.01. The van der Waals surface area contributed by atoms with Gasteiger partial charge in [0.2, 0.25) is 0 Å². The van der Waals surface area contributed by atoms with E-state index in [1.54, 1.807) is 0 Å². The summed E-state index contributed by atoms with van der Waals surface area (Å²) in [5.41, 5.74) is 1.15. The number of hydrogen-bond donors (Lipinski definition) is 1. The Hall–Kier alpha value is -1.44. The lowest BCUT2D eigenvalue weighted by Crippen LogP contribution is -2.43. The van der Waals surface area contributed by atoms with Crippen LogP contribution in [0, 0.1) is 11.8 Å². The van der Waals surface area contributed by atoms with Crippen LogP contribution in [0.4, 0.5) is 5.69 Å². The van der Waals surface area contributed by atoms with Crippen LogP contribution in [0.15, 0.2) is 36.4 Å². The summed E-state index contributed by atoms with van der Waals surface area (Å²) in [5.74, 6) is 2.63. The van der Waals surface area contributed by atoms with Gasteiger partial charge in [0.1, 0.15) is 5.75 Å². The summed E-state index contributed by atoms with van der Waals surface area (Å²) in [6, 6.07) is 8.88. The molecule has 0 radical (unpaired) electrons. The summed E-state index contributed by atoms with van der Waals surface area (Å²) in [6.07, 6.45) is 8.32. The minimum absolute atomic E-state index is 0.597. The maximum absolute atomic E-state index is 5.79. The molecule has 1 N–H and O–H groups in total. The van der Waals surface area contributed by atoms with Gasteiger partial charge >= 0.3 is 0 Å². The average molecular weight is 243 g/mol. The minimum atomic E-state index is 0.597. The Bertz CT molecular complexity index is 440. The molecule has 0 amide bonds. The first-order chi connectivity index (χ1) is 8.88. The Morgan fingerprint density at radius 1 is 1.33 bits per heavy atom. The maximum Gasteiger partial charge on any atom is 0.142 e. The molecule has 0 aliphatic heterocycles. The molecule has 0 bridgehead atoms. The van der Waals surface area contributed by atoms with E-state index >= 15 is 0 Å². The zero-order chi connectivity index (χ0) is 12.4. The van der Waals surface area contributed by atoms with Gasteiger partial charge < -0.3 is 10.1 Å². The Labute approximate surface area is 109 Å². The Morgan fingerprint density at radius 2 is 2.22 bits per heavy atom. The lowest BCUT2D eigenvalue weighted by Gasteiger charge is -2.41. The summed E-state index contributed by atoms with van der Waals surface area (Å²) in [5, 5.41) is 3.65. The molecular weight excluding hydrogens is 222 g/mol. The molecule has 2 nitrogen and oxygen atoms in total. The van der Waals surface area contributed by atoms with Crippen molar-refractivity contribution >= 4 is 5.69 Å². The summed E-state index contributed by atoms with van der Waals surface area (Å²) < 4.78 is 5.79. The number of rotatable bonds is 5. The van der Waals surface area contributed by atoms with Crippen molar-refractivity contribution in [3.05, 3.63) is 36.4 Å². The van der Waals surface area contributed by atoms with Crippen molar-refractivity contribution in [3.8, 4) is 5.75 Å². The van der Waals surface area contributed by atoms with E-state index in [0.29, 0.717) is 6.04 Å². The second-order valence-electron chi connectivity index (χ2n) is 5.33. The average Bonchev–Trinajstić information content (AvgIpc) is 2.76. The predicted molar refractivity (Wildman–Crippen MR) is 75.0 cm³/mol. The highest BCUT2D eigenvalue weighted by molar-refractivity contribution is 5.57. The number of nitrogens with one attached hydrogen (secondary N) is 1. The highest BCUT2D eigenvalue weighted by Gasteiger charge is 2.41. The van der Waals surface area contributed by atoms with Crippen LogP contribution in [0.3, 0.4) is 0 Å². The Balaban J connectivity index is 1.66. The van der Waals surface area contributed by atoms with Crippen LogP contribution in [-0.2, 0) is 0 Å². The van der Waals surface area contributed by atoms with Crippen molar-refractivity contribution in [2.24, 2.45) is 11.8 Å². The lowest BCUT2D eigenvalue weighted by molar-refractivity contribution is 0.217. The summed E-state index contributed by atoms with van der Waals surface area (Å²) >= 11 is 0. The summed E-state index contributed by atoms with van der Waals surface area (Å²) in [7, 11) is 0. The van der Waals surface area contributed by atoms with Crippen molar-refractivity contribution in [2.45, 2.75) is 32.2 Å². The van der Waals surface area contributed by atoms with Crippen LogP contribution in [0.5, 0.6) is 5.75 Å². The molecule has 3 rings (SSSR count). The van der Waals surface area contributed by atoms with Gasteiger partial charge in [-0.3, -0.25) is 0 Å². The molecule has 2 aliphatic rings. The second-order valence-corrected chi connectivity index (χ2v) is 5.33. The molecule has 1 aromatic carbocycles. The third kappa shape index (κ3) is 2.12. The molecule has 0 spiro atoms. The number of para-hydroxylation sites is 2. The zero-order valence-electron chi connectivity index (χ0n) is 10.9. The Kier molecular flexibility index (Phi) is 3.26. The number of anilines is 1. The molecule has 1 aromatic rings. The minimum Gasteiger partial charge on any atom is -0.491 e. The van der Waals surface area contributed by atoms with Crippen LogP contribution in [0.25, 0.3) is 0 Å². The molecule has 96 valence electrons. The van der Waals surface area contributed by atoms with Crippen molar-refractivity contribution in [1.29, 1.82) is 0 Å². The standard InChI is InChI=1S/C16H21NO/c1-2-10-18-16-9-4-3-8-14(16)17-15-11-12-6-5-7-13(12)15/h3-5,7-9,12-13,15,17H,2,6,10-11H2,1H3. The molecule has 2 aliphatic carbocycles. The zero-order valence-corrected chi connectivity index (χ0v) is 10.9. The molecule has 0 saturated heterocycles. The summed E-state index contributed by atoms with van der Waals surface area (Å²) in [4.78, 5) is 0. The van der Waals surface area contributed by atoms with Crippen LogP contribution in [0.1, 0.15) is 26.2 Å². The SMILES string of the molecule is CCCOc1ccccc1NC1CC2CC=CC21. The van der Waals surface area contributed by atoms with E-state index in [9.17, 15) is 0 Å². The van der Waals surface area contributed by atoms with Gasteiger partial charge in [0.25, 0.3) is 0 Å². The highest BCUT2D eigenvalue weighted by Crippen LogP contribution is 2.44. The van der Waals surface area contributed by atoms with Crippen molar-refractivity contribution in [3.63, 3.8) is 0 Å². The van der Waals surface area contributed by atoms with Gasteiger partial charge in [-0.05, 0) is 37.3 Å². The van der Waals surface area contributed by atoms with E-state index in [4.69, 9.17) is 4.74 Å². The number of benzene rings is 1. The molecular formula is C16H21NO. The quantitative estimate of drug-likeness (QED) is 0.793. The highest BCUT2D eigenvalue weighted by atomic mass is 16.5. The van der Waals surface area contributed by atoms with Crippen molar-refractivity contribution < 1.29 is 4.74 Å². The molecule has 18 heavy (non-hydrogen) atoms. The first-order valence-electron chi connectivity index (χ1n) is 7.03. The number of ether oxygens (including phenoxy) is 1. The maximum atomic E-state index is 5.79. The first kappa shape index (κ1) is 11.6. The van der Waals surface area contributed by atoms with Gasteiger partial charge in [0, 0.05) is 12.0 Å². The van der Waals surface area contributed by atoms with Gasteiger partial charge in [0.15, 0.2) is 0 Å². The van der Waals surface area contributed by atoms with Crippen LogP contribution in [0.2, 0.25) is 0 Å². The Morgan fingerprint density at radius 3 is 3.06 bits per heavy atom. The molecule has 3 atom stereocenters. The van der Waals surface area contributed by atoms with Gasteiger partial charge in [-0.15, -0.1) is 0 Å². The van der Waals surface area contributed by atoms with Gasteiger partial charge in [0.05, 0.1) is 12.3 Å². The molecule has 2 heteroatoms. The largest absolute Gasteiger partial charge is 0.491 e. The molecule has 3 unspecified atom stereocenters. The normalized spacial score (nSPS) is 28.6. The fraction of sp³-hybridized carbons (Fsp3) is 0.500. The summed E-state index contributed by atoms with van der Waals surface area (Å²) in [6.45, 7) is 2.92. The van der Waals surface area contributed by atoms with E-state index in [-0.39, 0.29) is 0 Å². The van der Waals surface area contributed by atoms with E-state index in [0.717, 1.165) is 36.3 Å². The smallest absolute Gasteiger partial charge is 0.142 e. The van der Waals surface area contributed by atoms with Crippen LogP contribution >= 0.6 is 0 Å². The van der Waals surface area contributed by atoms with E-state index in [1.807, 2.05) is 6.07 Å².